The van der Waals surface area contributed by atoms with Crippen LogP contribution in [0.3, 0.4) is 0 Å². The van der Waals surface area contributed by atoms with Crippen molar-refractivity contribution in [1.29, 1.82) is 0 Å². The Kier molecular flexibility index (Phi) is 9.45. The van der Waals surface area contributed by atoms with E-state index in [1.807, 2.05) is 0 Å². The third kappa shape index (κ3) is 6.66. The molecule has 1 aliphatic heterocycles. The zero-order valence-corrected chi connectivity index (χ0v) is 25.1. The Morgan fingerprint density at radius 2 is 1.38 bits per heavy atom. The number of hydrogen-bond acceptors (Lipinski definition) is 7. The van der Waals surface area contributed by atoms with Crippen LogP contribution in [0.2, 0.25) is 5.02 Å². The van der Waals surface area contributed by atoms with Crippen molar-refractivity contribution in [2.45, 2.75) is 6.92 Å². The lowest BCUT2D eigenvalue weighted by Gasteiger charge is -2.34. The highest BCUT2D eigenvalue weighted by Crippen LogP contribution is 2.38. The number of amides is 5. The summed E-state index contributed by atoms with van der Waals surface area (Å²) in [7, 11) is 1.50. The number of imide groups is 2. The summed E-state index contributed by atoms with van der Waals surface area (Å²) < 4.78 is 16.8. The molecule has 1 N–H and O–H groups in total. The standard InChI is InChI=1S/C34H28ClN3O7/c1-3-44-29-20-22(19-26(35)31(29)45-21-30(39)36-27-16-10-11-17-28(27)43-2)18-25-32(40)37(23-12-6-4-7-13-23)34(42)38(33(25)41)24-14-8-5-9-15-24/h4-20H,3,21H2,1-2H3,(H,36,39). The van der Waals surface area contributed by atoms with E-state index in [9.17, 15) is 19.2 Å². The molecule has 4 aromatic carbocycles. The SMILES string of the molecule is CCOc1cc(C=C2C(=O)N(c3ccccc3)C(=O)N(c3ccccc3)C2=O)cc(Cl)c1OCC(=O)Nc1ccccc1OC. The van der Waals surface area contributed by atoms with Crippen molar-refractivity contribution in [2.24, 2.45) is 0 Å². The highest BCUT2D eigenvalue weighted by atomic mass is 35.5. The predicted octanol–water partition coefficient (Wildman–Crippen LogP) is 6.35. The first-order chi connectivity index (χ1) is 21.8. The number of rotatable bonds is 10. The monoisotopic (exact) mass is 625 g/mol. The molecule has 1 saturated heterocycles. The molecule has 1 heterocycles. The second-order valence-corrected chi connectivity index (χ2v) is 10.0. The van der Waals surface area contributed by atoms with Crippen molar-refractivity contribution in [1.82, 2.24) is 0 Å². The Morgan fingerprint density at radius 3 is 1.96 bits per heavy atom. The van der Waals surface area contributed by atoms with Gasteiger partial charge in [0, 0.05) is 0 Å². The molecule has 0 radical (unpaired) electrons. The number of nitrogens with zero attached hydrogens (tertiary/aromatic N) is 2. The number of anilines is 3. The van der Waals surface area contributed by atoms with E-state index in [1.54, 1.807) is 91.9 Å². The molecule has 4 aromatic rings. The van der Waals surface area contributed by atoms with Crippen LogP contribution in [0.4, 0.5) is 21.9 Å². The quantitative estimate of drug-likeness (QED) is 0.161. The maximum atomic E-state index is 13.7. The van der Waals surface area contributed by atoms with E-state index in [2.05, 4.69) is 5.32 Å². The van der Waals surface area contributed by atoms with Crippen LogP contribution < -0.4 is 29.3 Å². The van der Waals surface area contributed by atoms with Gasteiger partial charge in [-0.25, -0.2) is 14.6 Å². The molecule has 0 aromatic heterocycles. The second kappa shape index (κ2) is 13.8. The van der Waals surface area contributed by atoms with Gasteiger partial charge in [0.1, 0.15) is 11.3 Å². The Hall–Kier alpha value is -5.61. The molecule has 0 spiro atoms. The highest BCUT2D eigenvalue weighted by molar-refractivity contribution is 6.46. The third-order valence-corrected chi connectivity index (χ3v) is 6.93. The number of para-hydroxylation sites is 4. The van der Waals surface area contributed by atoms with Gasteiger partial charge in [0.15, 0.2) is 18.1 Å². The molecule has 0 saturated carbocycles. The molecule has 228 valence electrons. The summed E-state index contributed by atoms with van der Waals surface area (Å²) in [6.45, 7) is 1.60. The van der Waals surface area contributed by atoms with E-state index >= 15 is 0 Å². The molecule has 5 rings (SSSR count). The van der Waals surface area contributed by atoms with E-state index in [0.29, 0.717) is 28.4 Å². The molecule has 10 nitrogen and oxygen atoms in total. The van der Waals surface area contributed by atoms with Gasteiger partial charge in [-0.2, -0.15) is 0 Å². The summed E-state index contributed by atoms with van der Waals surface area (Å²) in [6.07, 6.45) is 1.34. The summed E-state index contributed by atoms with van der Waals surface area (Å²) >= 11 is 6.59. The second-order valence-electron chi connectivity index (χ2n) is 9.59. The molecule has 45 heavy (non-hydrogen) atoms. The van der Waals surface area contributed by atoms with E-state index in [4.69, 9.17) is 25.8 Å². The number of benzene rings is 4. The van der Waals surface area contributed by atoms with Crippen LogP contribution >= 0.6 is 11.6 Å². The minimum atomic E-state index is -0.803. The van der Waals surface area contributed by atoms with Gasteiger partial charge < -0.3 is 19.5 Å². The molecule has 5 amide bonds. The van der Waals surface area contributed by atoms with E-state index in [0.717, 1.165) is 9.80 Å². The molecule has 0 bridgehead atoms. The number of hydrogen-bond donors (Lipinski definition) is 1. The lowest BCUT2D eigenvalue weighted by Crippen LogP contribution is -2.57. The lowest BCUT2D eigenvalue weighted by atomic mass is 10.0. The van der Waals surface area contributed by atoms with Gasteiger partial charge in [0.2, 0.25) is 0 Å². The minimum absolute atomic E-state index is 0.0736. The summed E-state index contributed by atoms with van der Waals surface area (Å²) in [6, 6.07) is 25.8. The Morgan fingerprint density at radius 1 is 0.800 bits per heavy atom. The molecule has 11 heteroatoms. The van der Waals surface area contributed by atoms with Crippen molar-refractivity contribution in [3.63, 3.8) is 0 Å². The molecule has 0 atom stereocenters. The largest absolute Gasteiger partial charge is 0.495 e. The maximum Gasteiger partial charge on any atom is 0.343 e. The molecule has 0 unspecified atom stereocenters. The van der Waals surface area contributed by atoms with Crippen molar-refractivity contribution in [3.8, 4) is 17.2 Å². The number of urea groups is 1. The number of nitrogens with one attached hydrogen (secondary N) is 1. The maximum absolute atomic E-state index is 13.7. The van der Waals surface area contributed by atoms with E-state index in [-0.39, 0.29) is 28.7 Å². The van der Waals surface area contributed by atoms with Crippen LogP contribution in [0.25, 0.3) is 6.08 Å². The van der Waals surface area contributed by atoms with Crippen molar-refractivity contribution in [3.05, 3.63) is 113 Å². The lowest BCUT2D eigenvalue weighted by molar-refractivity contribution is -0.121. The number of methoxy groups -OCH3 is 1. The average Bonchev–Trinajstić information content (AvgIpc) is 3.04. The number of halogens is 1. The van der Waals surface area contributed by atoms with Gasteiger partial charge in [0.05, 0.1) is 35.8 Å². The number of carbonyl (C=O) groups excluding carboxylic acids is 4. The van der Waals surface area contributed by atoms with E-state index < -0.39 is 30.4 Å². The van der Waals surface area contributed by atoms with Crippen LogP contribution in [0, 0.1) is 0 Å². The fourth-order valence-corrected chi connectivity index (χ4v) is 4.93. The molecule has 1 fully saturated rings. The smallest absolute Gasteiger partial charge is 0.343 e. The van der Waals surface area contributed by atoms with E-state index in [1.165, 1.54) is 25.3 Å². The highest BCUT2D eigenvalue weighted by Gasteiger charge is 2.43. The van der Waals surface area contributed by atoms with Crippen molar-refractivity contribution in [2.75, 3.05) is 35.4 Å². The molecule has 1 aliphatic rings. The zero-order chi connectivity index (χ0) is 31.9. The number of barbiturate groups is 1. The van der Waals surface area contributed by atoms with Crippen LogP contribution in [-0.4, -0.2) is 44.1 Å². The first kappa shape index (κ1) is 30.8. The Bertz CT molecular complexity index is 1710. The summed E-state index contributed by atoms with van der Waals surface area (Å²) in [5, 5.41) is 2.80. The topological polar surface area (TPSA) is 114 Å². The number of carbonyl (C=O) groups is 4. The Balaban J connectivity index is 1.47. The van der Waals surface area contributed by atoms with Crippen LogP contribution in [-0.2, 0) is 14.4 Å². The van der Waals surface area contributed by atoms with Gasteiger partial charge in [-0.1, -0.05) is 60.1 Å². The minimum Gasteiger partial charge on any atom is -0.495 e. The van der Waals surface area contributed by atoms with Gasteiger partial charge in [-0.15, -0.1) is 0 Å². The van der Waals surface area contributed by atoms with Gasteiger partial charge in [0.25, 0.3) is 17.7 Å². The first-order valence-electron chi connectivity index (χ1n) is 13.9. The Labute approximate surface area is 264 Å². The summed E-state index contributed by atoms with van der Waals surface area (Å²) in [5.41, 5.74) is 1.14. The summed E-state index contributed by atoms with van der Waals surface area (Å²) in [5.74, 6) is -1.29. The zero-order valence-electron chi connectivity index (χ0n) is 24.4. The van der Waals surface area contributed by atoms with Gasteiger partial charge in [-0.3, -0.25) is 14.4 Å². The normalized spacial score (nSPS) is 13.0. The van der Waals surface area contributed by atoms with Crippen LogP contribution in [0.5, 0.6) is 17.2 Å². The van der Waals surface area contributed by atoms with Crippen molar-refractivity contribution < 1.29 is 33.4 Å². The van der Waals surface area contributed by atoms with Crippen molar-refractivity contribution >= 4 is 58.5 Å². The summed E-state index contributed by atoms with van der Waals surface area (Å²) in [4.78, 5) is 55.5. The van der Waals surface area contributed by atoms with Gasteiger partial charge in [-0.05, 0) is 67.1 Å². The first-order valence-corrected chi connectivity index (χ1v) is 14.3. The average molecular weight is 626 g/mol. The number of ether oxygens (including phenoxy) is 3. The fourth-order valence-electron chi connectivity index (χ4n) is 4.65. The van der Waals surface area contributed by atoms with Crippen LogP contribution in [0.1, 0.15) is 12.5 Å². The molecular formula is C34H28ClN3O7. The predicted molar refractivity (Wildman–Crippen MR) is 171 cm³/mol. The van der Waals surface area contributed by atoms with Crippen LogP contribution in [0.15, 0.2) is 103 Å². The van der Waals surface area contributed by atoms with Gasteiger partial charge >= 0.3 is 6.03 Å². The fraction of sp³-hybridized carbons (Fsp3) is 0.118. The molecular weight excluding hydrogens is 598 g/mol. The third-order valence-electron chi connectivity index (χ3n) is 6.65. The molecule has 0 aliphatic carbocycles.